The van der Waals surface area contributed by atoms with E-state index in [9.17, 15) is 13.2 Å². The number of nitrogens with two attached hydrogens (primary N) is 1. The summed E-state index contributed by atoms with van der Waals surface area (Å²) in [6.45, 7) is 3.04. The van der Waals surface area contributed by atoms with Crippen molar-refractivity contribution in [1.82, 2.24) is 0 Å². The minimum atomic E-state index is -4.31. The Morgan fingerprint density at radius 2 is 1.67 bits per heavy atom. The predicted octanol–water partition coefficient (Wildman–Crippen LogP) is 2.84. The van der Waals surface area contributed by atoms with Gasteiger partial charge in [-0.05, 0) is 31.1 Å². The summed E-state index contributed by atoms with van der Waals surface area (Å²) in [6.07, 6.45) is -0.849. The van der Waals surface area contributed by atoms with Gasteiger partial charge in [-0.1, -0.05) is 13.8 Å². The molecule has 1 aliphatic carbocycles. The second-order valence-electron chi connectivity index (χ2n) is 5.78. The summed E-state index contributed by atoms with van der Waals surface area (Å²) in [5.74, 6) is 0. The molecular weight excluding hydrogens is 247 g/mol. The maximum atomic E-state index is 11.9. The van der Waals surface area contributed by atoms with Gasteiger partial charge in [0, 0.05) is 6.54 Å². The van der Waals surface area contributed by atoms with E-state index in [2.05, 4.69) is 18.6 Å². The Morgan fingerprint density at radius 3 is 2.11 bits per heavy atom. The van der Waals surface area contributed by atoms with E-state index in [-0.39, 0.29) is 12.2 Å². The standard InChI is InChI=1S/C12H22F3NO2/c1-10(2)3-5-11(7-16,6-4-10)18-9-17-8-12(13,14)15/h3-9,16H2,1-2H3. The van der Waals surface area contributed by atoms with Crippen LogP contribution < -0.4 is 5.73 Å². The molecule has 1 rings (SSSR count). The van der Waals surface area contributed by atoms with Gasteiger partial charge in [-0.3, -0.25) is 0 Å². The highest BCUT2D eigenvalue weighted by atomic mass is 19.4. The molecule has 0 aromatic heterocycles. The number of halogens is 3. The zero-order chi connectivity index (χ0) is 13.9. The normalized spacial score (nSPS) is 23.0. The average molecular weight is 269 g/mol. The van der Waals surface area contributed by atoms with Gasteiger partial charge in [0.2, 0.25) is 0 Å². The molecule has 1 saturated carbocycles. The predicted molar refractivity (Wildman–Crippen MR) is 62.0 cm³/mol. The van der Waals surface area contributed by atoms with Gasteiger partial charge < -0.3 is 15.2 Å². The molecule has 0 radical (unpaired) electrons. The van der Waals surface area contributed by atoms with Crippen LogP contribution in [-0.4, -0.2) is 31.7 Å². The van der Waals surface area contributed by atoms with E-state index in [1.807, 2.05) is 0 Å². The first-order valence-corrected chi connectivity index (χ1v) is 6.17. The summed E-state index contributed by atoms with van der Waals surface area (Å²) in [7, 11) is 0. The second-order valence-corrected chi connectivity index (χ2v) is 5.78. The van der Waals surface area contributed by atoms with Gasteiger partial charge in [0.15, 0.2) is 0 Å². The molecule has 6 heteroatoms. The Hall–Kier alpha value is -0.330. The number of alkyl halides is 3. The summed E-state index contributed by atoms with van der Waals surface area (Å²) in [6, 6.07) is 0. The molecule has 0 saturated heterocycles. The number of hydrogen-bond acceptors (Lipinski definition) is 3. The van der Waals surface area contributed by atoms with Crippen LogP contribution in [0.1, 0.15) is 39.5 Å². The molecule has 0 heterocycles. The summed E-state index contributed by atoms with van der Waals surface area (Å²) in [4.78, 5) is 0. The second kappa shape index (κ2) is 5.75. The van der Waals surface area contributed by atoms with Crippen molar-refractivity contribution < 1.29 is 22.6 Å². The SMILES string of the molecule is CC1(C)CCC(CN)(OCOCC(F)(F)F)CC1. The first kappa shape index (κ1) is 15.7. The van der Waals surface area contributed by atoms with Crippen LogP contribution in [0, 0.1) is 5.41 Å². The van der Waals surface area contributed by atoms with E-state index in [1.54, 1.807) is 0 Å². The summed E-state index contributed by atoms with van der Waals surface area (Å²) < 4.78 is 45.6. The van der Waals surface area contributed by atoms with E-state index in [1.165, 1.54) is 0 Å². The average Bonchev–Trinajstić information content (AvgIpc) is 2.26. The van der Waals surface area contributed by atoms with E-state index in [0.717, 1.165) is 25.7 Å². The van der Waals surface area contributed by atoms with Crippen LogP contribution >= 0.6 is 0 Å². The summed E-state index contributed by atoms with van der Waals surface area (Å²) in [5, 5.41) is 0. The molecular formula is C12H22F3NO2. The smallest absolute Gasteiger partial charge is 0.348 e. The van der Waals surface area contributed by atoms with Crippen LogP contribution in [0.3, 0.4) is 0 Å². The van der Waals surface area contributed by atoms with Crippen LogP contribution in [0.15, 0.2) is 0 Å². The van der Waals surface area contributed by atoms with Crippen molar-refractivity contribution in [2.75, 3.05) is 19.9 Å². The van der Waals surface area contributed by atoms with Crippen LogP contribution in [0.5, 0.6) is 0 Å². The van der Waals surface area contributed by atoms with Crippen LogP contribution in [0.2, 0.25) is 0 Å². The summed E-state index contributed by atoms with van der Waals surface area (Å²) in [5.41, 5.74) is 5.44. The Balaban J connectivity index is 2.34. The van der Waals surface area contributed by atoms with Crippen molar-refractivity contribution in [2.24, 2.45) is 11.1 Å². The van der Waals surface area contributed by atoms with E-state index < -0.39 is 18.4 Å². The van der Waals surface area contributed by atoms with Gasteiger partial charge in [-0.15, -0.1) is 0 Å². The third-order valence-corrected chi connectivity index (χ3v) is 3.60. The van der Waals surface area contributed by atoms with Gasteiger partial charge in [-0.25, -0.2) is 0 Å². The fourth-order valence-electron chi connectivity index (χ4n) is 2.11. The Bertz CT molecular complexity index is 257. The lowest BCUT2D eigenvalue weighted by Crippen LogP contribution is -2.46. The molecule has 0 unspecified atom stereocenters. The maximum Gasteiger partial charge on any atom is 0.411 e. The lowest BCUT2D eigenvalue weighted by molar-refractivity contribution is -0.220. The van der Waals surface area contributed by atoms with Crippen LogP contribution in [0.25, 0.3) is 0 Å². The Kier molecular flexibility index (Phi) is 5.03. The first-order chi connectivity index (χ1) is 8.18. The molecule has 108 valence electrons. The third kappa shape index (κ3) is 5.12. The van der Waals surface area contributed by atoms with E-state index >= 15 is 0 Å². The zero-order valence-electron chi connectivity index (χ0n) is 11.0. The highest BCUT2D eigenvalue weighted by Crippen LogP contribution is 2.41. The van der Waals surface area contributed by atoms with Gasteiger partial charge >= 0.3 is 6.18 Å². The molecule has 1 aliphatic rings. The van der Waals surface area contributed by atoms with Crippen molar-refractivity contribution in [3.05, 3.63) is 0 Å². The van der Waals surface area contributed by atoms with Crippen molar-refractivity contribution >= 4 is 0 Å². The maximum absolute atomic E-state index is 11.9. The monoisotopic (exact) mass is 269 g/mol. The third-order valence-electron chi connectivity index (χ3n) is 3.60. The van der Waals surface area contributed by atoms with Gasteiger partial charge in [-0.2, -0.15) is 13.2 Å². The fourth-order valence-corrected chi connectivity index (χ4v) is 2.11. The molecule has 0 amide bonds. The Labute approximate surface area is 106 Å². The largest absolute Gasteiger partial charge is 0.411 e. The number of rotatable bonds is 5. The zero-order valence-corrected chi connectivity index (χ0v) is 11.0. The van der Waals surface area contributed by atoms with Gasteiger partial charge in [0.05, 0.1) is 5.60 Å². The lowest BCUT2D eigenvalue weighted by atomic mass is 9.71. The minimum Gasteiger partial charge on any atom is -0.348 e. The Morgan fingerprint density at radius 1 is 1.11 bits per heavy atom. The number of ether oxygens (including phenoxy) is 2. The molecule has 0 aliphatic heterocycles. The van der Waals surface area contributed by atoms with Gasteiger partial charge in [0.1, 0.15) is 13.4 Å². The summed E-state index contributed by atoms with van der Waals surface area (Å²) >= 11 is 0. The molecule has 0 aromatic rings. The number of hydrogen-bond donors (Lipinski definition) is 1. The van der Waals surface area contributed by atoms with Crippen LogP contribution in [-0.2, 0) is 9.47 Å². The minimum absolute atomic E-state index is 0.259. The lowest BCUT2D eigenvalue weighted by Gasteiger charge is -2.42. The van der Waals surface area contributed by atoms with Crippen molar-refractivity contribution in [2.45, 2.75) is 51.3 Å². The molecule has 0 atom stereocenters. The first-order valence-electron chi connectivity index (χ1n) is 6.17. The molecule has 18 heavy (non-hydrogen) atoms. The molecule has 1 fully saturated rings. The van der Waals surface area contributed by atoms with Crippen molar-refractivity contribution in [3.8, 4) is 0 Å². The van der Waals surface area contributed by atoms with Crippen LogP contribution in [0.4, 0.5) is 13.2 Å². The van der Waals surface area contributed by atoms with E-state index in [0.29, 0.717) is 6.54 Å². The topological polar surface area (TPSA) is 44.5 Å². The molecule has 2 N–H and O–H groups in total. The van der Waals surface area contributed by atoms with Gasteiger partial charge in [0.25, 0.3) is 0 Å². The fraction of sp³-hybridized carbons (Fsp3) is 1.00. The molecule has 0 aromatic carbocycles. The molecule has 0 spiro atoms. The molecule has 3 nitrogen and oxygen atoms in total. The highest BCUT2D eigenvalue weighted by Gasteiger charge is 2.38. The highest BCUT2D eigenvalue weighted by molar-refractivity contribution is 4.91. The van der Waals surface area contributed by atoms with Crippen molar-refractivity contribution in [3.63, 3.8) is 0 Å². The van der Waals surface area contributed by atoms with Crippen molar-refractivity contribution in [1.29, 1.82) is 0 Å². The van der Waals surface area contributed by atoms with E-state index in [4.69, 9.17) is 10.5 Å². The molecule has 0 bridgehead atoms. The quantitative estimate of drug-likeness (QED) is 0.616.